The molecule has 0 aliphatic carbocycles. The minimum Gasteiger partial charge on any atom is -0.481 e. The van der Waals surface area contributed by atoms with Gasteiger partial charge in [-0.1, -0.05) is 5.16 Å². The van der Waals surface area contributed by atoms with E-state index >= 15 is 0 Å². The van der Waals surface area contributed by atoms with E-state index in [4.69, 9.17) is 9.63 Å². The summed E-state index contributed by atoms with van der Waals surface area (Å²) in [6.45, 7) is 2.52. The molecular weight excluding hydrogens is 306 g/mol. The van der Waals surface area contributed by atoms with Crippen LogP contribution in [0.25, 0.3) is 11.4 Å². The molecule has 0 saturated carbocycles. The molecule has 1 N–H and O–H groups in total. The molecule has 0 aliphatic rings. The Morgan fingerprint density at radius 1 is 1.41 bits per heavy atom. The van der Waals surface area contributed by atoms with Crippen LogP contribution in [0.5, 0.6) is 0 Å². The van der Waals surface area contributed by atoms with Crippen LogP contribution >= 0.6 is 11.3 Å². The maximum atomic E-state index is 12.0. The van der Waals surface area contributed by atoms with E-state index in [0.717, 1.165) is 5.56 Å². The SMILES string of the molecule is CCN(CCC(=O)O)C(=O)CCc1nc(-c2ccsc2)no1. The first kappa shape index (κ1) is 16.2. The van der Waals surface area contributed by atoms with E-state index in [2.05, 4.69) is 10.1 Å². The quantitative estimate of drug-likeness (QED) is 0.798. The summed E-state index contributed by atoms with van der Waals surface area (Å²) < 4.78 is 5.13. The molecule has 7 nitrogen and oxygen atoms in total. The van der Waals surface area contributed by atoms with Crippen LogP contribution in [-0.2, 0) is 16.0 Å². The Morgan fingerprint density at radius 3 is 2.86 bits per heavy atom. The van der Waals surface area contributed by atoms with Gasteiger partial charge in [-0.3, -0.25) is 9.59 Å². The van der Waals surface area contributed by atoms with Crippen LogP contribution in [-0.4, -0.2) is 45.1 Å². The molecule has 118 valence electrons. The first-order valence-electron chi connectivity index (χ1n) is 6.95. The maximum Gasteiger partial charge on any atom is 0.305 e. The molecule has 0 saturated heterocycles. The van der Waals surface area contributed by atoms with E-state index in [0.29, 0.717) is 24.7 Å². The normalized spacial score (nSPS) is 10.6. The molecule has 2 rings (SSSR count). The van der Waals surface area contributed by atoms with Gasteiger partial charge < -0.3 is 14.5 Å². The number of carbonyl (C=O) groups excluding carboxylic acids is 1. The number of carboxylic acid groups (broad SMARTS) is 1. The third kappa shape index (κ3) is 4.39. The number of nitrogens with zero attached hydrogens (tertiary/aromatic N) is 3. The fourth-order valence-electron chi connectivity index (χ4n) is 1.93. The van der Waals surface area contributed by atoms with E-state index in [1.54, 1.807) is 11.3 Å². The third-order valence-electron chi connectivity index (χ3n) is 3.13. The molecule has 0 spiro atoms. The van der Waals surface area contributed by atoms with Crippen LogP contribution in [0.15, 0.2) is 21.3 Å². The molecule has 0 bridgehead atoms. The molecule has 2 heterocycles. The highest BCUT2D eigenvalue weighted by molar-refractivity contribution is 7.08. The van der Waals surface area contributed by atoms with Crippen molar-refractivity contribution in [1.29, 1.82) is 0 Å². The molecule has 0 aliphatic heterocycles. The van der Waals surface area contributed by atoms with Crippen molar-refractivity contribution in [1.82, 2.24) is 15.0 Å². The summed E-state index contributed by atoms with van der Waals surface area (Å²) in [7, 11) is 0. The van der Waals surface area contributed by atoms with Gasteiger partial charge in [0.2, 0.25) is 17.6 Å². The number of aromatic nitrogens is 2. The fraction of sp³-hybridized carbons (Fsp3) is 0.429. The zero-order valence-electron chi connectivity index (χ0n) is 12.2. The van der Waals surface area contributed by atoms with Crippen LogP contribution in [0.3, 0.4) is 0 Å². The third-order valence-corrected chi connectivity index (χ3v) is 3.81. The van der Waals surface area contributed by atoms with Gasteiger partial charge in [0.15, 0.2) is 0 Å². The van der Waals surface area contributed by atoms with Gasteiger partial charge in [0.05, 0.1) is 6.42 Å². The Balaban J connectivity index is 1.86. The number of thiophene rings is 1. The van der Waals surface area contributed by atoms with E-state index in [9.17, 15) is 9.59 Å². The first-order valence-corrected chi connectivity index (χ1v) is 7.89. The molecule has 0 atom stereocenters. The van der Waals surface area contributed by atoms with E-state index < -0.39 is 5.97 Å². The lowest BCUT2D eigenvalue weighted by atomic mass is 10.2. The molecule has 22 heavy (non-hydrogen) atoms. The summed E-state index contributed by atoms with van der Waals surface area (Å²) >= 11 is 1.55. The number of hydrogen-bond acceptors (Lipinski definition) is 6. The Bertz CT molecular complexity index is 624. The number of hydrogen-bond donors (Lipinski definition) is 1. The minimum absolute atomic E-state index is 0.0531. The van der Waals surface area contributed by atoms with Gasteiger partial charge in [0, 0.05) is 36.9 Å². The highest BCUT2D eigenvalue weighted by Gasteiger charge is 2.15. The first-order chi connectivity index (χ1) is 10.6. The summed E-state index contributed by atoms with van der Waals surface area (Å²) in [5.74, 6) is -0.103. The van der Waals surface area contributed by atoms with Crippen LogP contribution in [0.1, 0.15) is 25.7 Å². The number of carboxylic acids is 1. The molecule has 0 radical (unpaired) electrons. The molecule has 8 heteroatoms. The number of aryl methyl sites for hydroxylation is 1. The van der Waals surface area contributed by atoms with E-state index in [1.807, 2.05) is 23.8 Å². The van der Waals surface area contributed by atoms with Crippen molar-refractivity contribution in [3.8, 4) is 11.4 Å². The molecule has 2 aromatic heterocycles. The molecule has 1 amide bonds. The second-order valence-electron chi connectivity index (χ2n) is 4.64. The molecular formula is C14H17N3O4S. The lowest BCUT2D eigenvalue weighted by molar-refractivity contribution is -0.138. The van der Waals surface area contributed by atoms with Gasteiger partial charge in [-0.15, -0.1) is 0 Å². The smallest absolute Gasteiger partial charge is 0.305 e. The number of aliphatic carboxylic acids is 1. The second kappa shape index (κ2) is 7.69. The Hall–Kier alpha value is -2.22. The Morgan fingerprint density at radius 2 is 2.23 bits per heavy atom. The van der Waals surface area contributed by atoms with Crippen LogP contribution in [0.4, 0.5) is 0 Å². The summed E-state index contributed by atoms with van der Waals surface area (Å²) in [5, 5.41) is 16.4. The zero-order valence-corrected chi connectivity index (χ0v) is 13.0. The number of amides is 1. The van der Waals surface area contributed by atoms with E-state index in [1.165, 1.54) is 4.90 Å². The average molecular weight is 323 g/mol. The maximum absolute atomic E-state index is 12.0. The lowest BCUT2D eigenvalue weighted by Gasteiger charge is -2.19. The highest BCUT2D eigenvalue weighted by atomic mass is 32.1. The van der Waals surface area contributed by atoms with Crippen molar-refractivity contribution >= 4 is 23.2 Å². The van der Waals surface area contributed by atoms with Crippen molar-refractivity contribution in [3.63, 3.8) is 0 Å². The van der Waals surface area contributed by atoms with E-state index in [-0.39, 0.29) is 25.3 Å². The summed E-state index contributed by atoms with van der Waals surface area (Å²) in [6.07, 6.45) is 0.515. The van der Waals surface area contributed by atoms with Crippen LogP contribution in [0.2, 0.25) is 0 Å². The van der Waals surface area contributed by atoms with Crippen molar-refractivity contribution in [3.05, 3.63) is 22.7 Å². The van der Waals surface area contributed by atoms with Crippen molar-refractivity contribution in [2.45, 2.75) is 26.2 Å². The topological polar surface area (TPSA) is 96.5 Å². The fourth-order valence-corrected chi connectivity index (χ4v) is 2.56. The van der Waals surface area contributed by atoms with Gasteiger partial charge in [0.1, 0.15) is 0 Å². The minimum atomic E-state index is -0.913. The molecule has 2 aromatic rings. The zero-order chi connectivity index (χ0) is 15.9. The van der Waals surface area contributed by atoms with Crippen molar-refractivity contribution < 1.29 is 19.2 Å². The van der Waals surface area contributed by atoms with Crippen LogP contribution in [0, 0.1) is 0 Å². The number of carbonyl (C=O) groups is 2. The van der Waals surface area contributed by atoms with Crippen molar-refractivity contribution in [2.24, 2.45) is 0 Å². The average Bonchev–Trinajstić information content (AvgIpc) is 3.16. The molecule has 0 fully saturated rings. The van der Waals surface area contributed by atoms with Gasteiger partial charge in [-0.2, -0.15) is 16.3 Å². The predicted octanol–water partition coefficient (Wildman–Crippen LogP) is 2.05. The van der Waals surface area contributed by atoms with Gasteiger partial charge >= 0.3 is 5.97 Å². The Kier molecular flexibility index (Phi) is 5.65. The summed E-state index contributed by atoms with van der Waals surface area (Å²) in [4.78, 5) is 28.4. The van der Waals surface area contributed by atoms with Gasteiger partial charge in [0.25, 0.3) is 0 Å². The second-order valence-corrected chi connectivity index (χ2v) is 5.42. The molecule has 0 aromatic carbocycles. The van der Waals surface area contributed by atoms with Gasteiger partial charge in [-0.25, -0.2) is 0 Å². The standard InChI is InChI=1S/C14H17N3O4S/c1-2-17(7-5-13(19)20)12(18)4-3-11-15-14(16-21-11)10-6-8-22-9-10/h6,8-9H,2-5,7H2,1H3,(H,19,20). The molecule has 0 unspecified atom stereocenters. The number of rotatable bonds is 8. The lowest BCUT2D eigenvalue weighted by Crippen LogP contribution is -2.33. The monoisotopic (exact) mass is 323 g/mol. The highest BCUT2D eigenvalue weighted by Crippen LogP contribution is 2.19. The largest absolute Gasteiger partial charge is 0.481 e. The Labute approximate surface area is 131 Å². The summed E-state index contributed by atoms with van der Waals surface area (Å²) in [6, 6.07) is 1.90. The summed E-state index contributed by atoms with van der Waals surface area (Å²) in [5.41, 5.74) is 0.892. The van der Waals surface area contributed by atoms with Crippen LogP contribution < -0.4 is 0 Å². The predicted molar refractivity (Wildman–Crippen MR) is 80.4 cm³/mol. The van der Waals surface area contributed by atoms with Crippen molar-refractivity contribution in [2.75, 3.05) is 13.1 Å². The van der Waals surface area contributed by atoms with Gasteiger partial charge in [-0.05, 0) is 18.4 Å².